The van der Waals surface area contributed by atoms with Gasteiger partial charge in [-0.2, -0.15) is 5.10 Å². The molecule has 1 spiro atoms. The zero-order valence-corrected chi connectivity index (χ0v) is 18.0. The average molecular weight is 459 g/mol. The fourth-order valence-electron chi connectivity index (χ4n) is 4.05. The van der Waals surface area contributed by atoms with Gasteiger partial charge in [0.15, 0.2) is 11.4 Å². The fraction of sp³-hybridized carbons (Fsp3) is 0.238. The van der Waals surface area contributed by atoms with E-state index >= 15 is 0 Å². The molecule has 1 aromatic heterocycles. The van der Waals surface area contributed by atoms with Gasteiger partial charge in [0, 0.05) is 18.3 Å². The molecule has 158 valence electrons. The first-order chi connectivity index (χ1) is 14.7. The molecule has 2 aliphatic rings. The lowest BCUT2D eigenvalue weighted by molar-refractivity contribution is -0.117. The molecule has 2 aromatic carbocycles. The first-order valence-corrected chi connectivity index (χ1v) is 10.3. The minimum absolute atomic E-state index is 0.00595. The number of aromatic nitrogens is 3. The number of amides is 1. The molecule has 2 heterocycles. The molecule has 1 fully saturated rings. The molecule has 8 nitrogen and oxygen atoms in total. The van der Waals surface area contributed by atoms with Gasteiger partial charge in [0.2, 0.25) is 5.91 Å². The number of nitrogens with one attached hydrogen (secondary N) is 2. The standard InChI is InChI=1S/C21H16Cl2N4O4/c1-9-14(4-3-13-15(9)21(5-6-21)19(29)24-13)31-17-11(22)7-10(8-12(17)23)16-18(28)25-20(30)27(2)26-16/h3-4,7-8H,5-6H2,1-2H3,(H,24,29)(H,25,28,30). The Kier molecular flexibility index (Phi) is 4.29. The number of nitrogens with zero attached hydrogens (tertiary/aromatic N) is 2. The fourth-order valence-corrected chi connectivity index (χ4v) is 4.62. The molecule has 0 bridgehead atoms. The van der Waals surface area contributed by atoms with E-state index in [1.165, 1.54) is 19.2 Å². The number of ether oxygens (including phenoxy) is 1. The lowest BCUT2D eigenvalue weighted by atomic mass is 9.93. The summed E-state index contributed by atoms with van der Waals surface area (Å²) in [6.07, 6.45) is 1.63. The Labute approximate surface area is 185 Å². The van der Waals surface area contributed by atoms with E-state index in [1.54, 1.807) is 6.07 Å². The van der Waals surface area contributed by atoms with Crippen LogP contribution in [0.25, 0.3) is 11.3 Å². The molecule has 0 saturated heterocycles. The number of carbonyl (C=O) groups is 1. The third-order valence-corrected chi connectivity index (χ3v) is 6.35. The summed E-state index contributed by atoms with van der Waals surface area (Å²) < 4.78 is 7.07. The highest BCUT2D eigenvalue weighted by Gasteiger charge is 2.57. The number of halogens is 2. The maximum Gasteiger partial charge on any atom is 0.344 e. The first kappa shape index (κ1) is 19.8. The van der Waals surface area contributed by atoms with Gasteiger partial charge in [-0.25, -0.2) is 9.48 Å². The quantitative estimate of drug-likeness (QED) is 0.624. The van der Waals surface area contributed by atoms with Gasteiger partial charge < -0.3 is 10.1 Å². The van der Waals surface area contributed by atoms with Crippen molar-refractivity contribution in [2.45, 2.75) is 25.2 Å². The molecule has 3 aromatic rings. The lowest BCUT2D eigenvalue weighted by Gasteiger charge is -2.16. The largest absolute Gasteiger partial charge is 0.454 e. The molecule has 1 saturated carbocycles. The van der Waals surface area contributed by atoms with Gasteiger partial charge in [-0.15, -0.1) is 0 Å². The Hall–Kier alpha value is -3.10. The molecule has 0 radical (unpaired) electrons. The number of fused-ring (bicyclic) bond motifs is 2. The molecule has 1 aliphatic carbocycles. The Morgan fingerprint density at radius 1 is 1.13 bits per heavy atom. The molecule has 1 aliphatic heterocycles. The van der Waals surface area contributed by atoms with Crippen LogP contribution < -0.4 is 21.3 Å². The van der Waals surface area contributed by atoms with Crippen LogP contribution in [0.4, 0.5) is 5.69 Å². The van der Waals surface area contributed by atoms with Crippen LogP contribution in [0.1, 0.15) is 24.0 Å². The molecular weight excluding hydrogens is 443 g/mol. The average Bonchev–Trinajstić information content (AvgIpc) is 3.45. The highest BCUT2D eigenvalue weighted by Crippen LogP contribution is 2.57. The Bertz CT molecular complexity index is 1380. The summed E-state index contributed by atoms with van der Waals surface area (Å²) in [4.78, 5) is 38.2. The van der Waals surface area contributed by atoms with Crippen LogP contribution in [-0.2, 0) is 17.3 Å². The van der Waals surface area contributed by atoms with Crippen LogP contribution >= 0.6 is 23.2 Å². The predicted molar refractivity (Wildman–Crippen MR) is 116 cm³/mol. The van der Waals surface area contributed by atoms with Crippen molar-refractivity contribution in [1.29, 1.82) is 0 Å². The van der Waals surface area contributed by atoms with Crippen molar-refractivity contribution in [2.75, 3.05) is 5.32 Å². The van der Waals surface area contributed by atoms with Gasteiger partial charge in [0.1, 0.15) is 5.75 Å². The molecule has 0 unspecified atom stereocenters. The Morgan fingerprint density at radius 2 is 1.81 bits per heavy atom. The number of anilines is 1. The van der Waals surface area contributed by atoms with Gasteiger partial charge in [0.25, 0.3) is 5.56 Å². The van der Waals surface area contributed by atoms with E-state index in [2.05, 4.69) is 15.4 Å². The second kappa shape index (κ2) is 6.70. The number of aryl methyl sites for hydroxylation is 1. The number of hydrogen-bond donors (Lipinski definition) is 2. The number of aromatic amines is 1. The zero-order valence-electron chi connectivity index (χ0n) is 16.5. The van der Waals surface area contributed by atoms with Gasteiger partial charge >= 0.3 is 5.69 Å². The van der Waals surface area contributed by atoms with Crippen LogP contribution in [0, 0.1) is 6.92 Å². The van der Waals surface area contributed by atoms with Gasteiger partial charge in [-0.05, 0) is 55.2 Å². The van der Waals surface area contributed by atoms with Crippen LogP contribution in [-0.4, -0.2) is 20.7 Å². The second-order valence-corrected chi connectivity index (χ2v) is 8.56. The minimum atomic E-state index is -0.648. The number of benzene rings is 2. The van der Waals surface area contributed by atoms with E-state index in [4.69, 9.17) is 27.9 Å². The van der Waals surface area contributed by atoms with Crippen LogP contribution in [0.5, 0.6) is 11.5 Å². The normalized spacial score (nSPS) is 15.7. The van der Waals surface area contributed by atoms with E-state index < -0.39 is 16.7 Å². The summed E-state index contributed by atoms with van der Waals surface area (Å²) in [5.41, 5.74) is 1.24. The highest BCUT2D eigenvalue weighted by molar-refractivity contribution is 6.37. The van der Waals surface area contributed by atoms with E-state index in [1.807, 2.05) is 13.0 Å². The summed E-state index contributed by atoms with van der Waals surface area (Å²) in [6, 6.07) is 6.57. The molecule has 1 amide bonds. The Balaban J connectivity index is 1.55. The maximum absolute atomic E-state index is 12.3. The minimum Gasteiger partial charge on any atom is -0.454 e. The third-order valence-electron chi connectivity index (χ3n) is 5.79. The lowest BCUT2D eigenvalue weighted by Crippen LogP contribution is -2.31. The van der Waals surface area contributed by atoms with Crippen molar-refractivity contribution in [3.8, 4) is 22.8 Å². The van der Waals surface area contributed by atoms with E-state index in [0.717, 1.165) is 34.3 Å². The molecule has 2 N–H and O–H groups in total. The highest BCUT2D eigenvalue weighted by atomic mass is 35.5. The van der Waals surface area contributed by atoms with Crippen LogP contribution in [0.3, 0.4) is 0 Å². The van der Waals surface area contributed by atoms with Crippen molar-refractivity contribution in [3.63, 3.8) is 0 Å². The number of rotatable bonds is 3. The summed E-state index contributed by atoms with van der Waals surface area (Å²) in [5.74, 6) is 0.785. The summed E-state index contributed by atoms with van der Waals surface area (Å²) in [7, 11) is 1.42. The monoisotopic (exact) mass is 458 g/mol. The zero-order chi connectivity index (χ0) is 22.1. The van der Waals surface area contributed by atoms with Crippen molar-refractivity contribution in [3.05, 3.63) is 66.3 Å². The summed E-state index contributed by atoms with van der Waals surface area (Å²) in [6.45, 7) is 1.90. The van der Waals surface area contributed by atoms with Crippen LogP contribution in [0.15, 0.2) is 33.9 Å². The molecule has 31 heavy (non-hydrogen) atoms. The first-order valence-electron chi connectivity index (χ1n) is 9.52. The van der Waals surface area contributed by atoms with Crippen LogP contribution in [0.2, 0.25) is 10.0 Å². The van der Waals surface area contributed by atoms with Crippen molar-refractivity contribution in [2.24, 2.45) is 7.05 Å². The van der Waals surface area contributed by atoms with Crippen molar-refractivity contribution in [1.82, 2.24) is 14.8 Å². The second-order valence-electron chi connectivity index (χ2n) is 7.75. The summed E-state index contributed by atoms with van der Waals surface area (Å²) >= 11 is 12.9. The number of H-pyrrole nitrogens is 1. The Morgan fingerprint density at radius 3 is 2.45 bits per heavy atom. The predicted octanol–water partition coefficient (Wildman–Crippen LogP) is 3.53. The van der Waals surface area contributed by atoms with E-state index in [9.17, 15) is 14.4 Å². The summed E-state index contributed by atoms with van der Waals surface area (Å²) in [5, 5.41) is 7.27. The molecule has 0 atom stereocenters. The van der Waals surface area contributed by atoms with E-state index in [-0.39, 0.29) is 27.4 Å². The van der Waals surface area contributed by atoms with Crippen molar-refractivity contribution >= 4 is 34.8 Å². The third kappa shape index (κ3) is 2.97. The molecular formula is C21H16Cl2N4O4. The van der Waals surface area contributed by atoms with Crippen molar-refractivity contribution < 1.29 is 9.53 Å². The molecule has 10 heteroatoms. The van der Waals surface area contributed by atoms with Gasteiger partial charge in [-0.1, -0.05) is 23.2 Å². The molecule has 5 rings (SSSR count). The number of hydrogen-bond acceptors (Lipinski definition) is 5. The van der Waals surface area contributed by atoms with Gasteiger partial charge in [0.05, 0.1) is 15.5 Å². The smallest absolute Gasteiger partial charge is 0.344 e. The van der Waals surface area contributed by atoms with E-state index in [0.29, 0.717) is 11.3 Å². The van der Waals surface area contributed by atoms with Gasteiger partial charge in [-0.3, -0.25) is 14.6 Å². The SMILES string of the molecule is Cc1c(Oc2c(Cl)cc(-c3nn(C)c(=O)[nH]c3=O)cc2Cl)ccc2c1C1(CC1)C(=O)N2. The topological polar surface area (TPSA) is 106 Å². The maximum atomic E-state index is 12.3. The number of carbonyl (C=O) groups excluding carboxylic acids is 1.